The number of hydrogen-bond acceptors (Lipinski definition) is 1. The van der Waals surface area contributed by atoms with E-state index in [4.69, 9.17) is 0 Å². The predicted molar refractivity (Wildman–Crippen MR) is 119 cm³/mol. The Morgan fingerprint density at radius 3 is 1.52 bits per heavy atom. The molecule has 0 radical (unpaired) electrons. The van der Waals surface area contributed by atoms with Gasteiger partial charge in [-0.3, -0.25) is 4.79 Å². The lowest BCUT2D eigenvalue weighted by atomic mass is 10.1. The number of carbonyl (C=O) groups is 1. The van der Waals surface area contributed by atoms with Gasteiger partial charge in [0.15, 0.2) is 0 Å². The topological polar surface area (TPSA) is 17.1 Å². The van der Waals surface area contributed by atoms with Crippen molar-refractivity contribution in [3.05, 3.63) is 35.4 Å². The van der Waals surface area contributed by atoms with E-state index >= 15 is 0 Å². The number of rotatable bonds is 4. The number of benzene rings is 1. The quantitative estimate of drug-likeness (QED) is 0.532. The van der Waals surface area contributed by atoms with Gasteiger partial charge >= 0.3 is 0 Å². The normalized spacial score (nSPS) is 9.64. The lowest BCUT2D eigenvalue weighted by Crippen LogP contribution is -2.03. The zero-order chi connectivity index (χ0) is 20.8. The van der Waals surface area contributed by atoms with Crippen LogP contribution in [0.2, 0.25) is 0 Å². The highest BCUT2D eigenvalue weighted by molar-refractivity contribution is 5.77. The molecule has 0 amide bonds. The second kappa shape index (κ2) is 25.1. The van der Waals surface area contributed by atoms with Crippen molar-refractivity contribution in [3.8, 4) is 0 Å². The number of Topliss-reactive ketones (excluding diaryl/α,β-unsaturated/α-hetero) is 1. The molecule has 0 aliphatic rings. The molecular weight excluding hydrogens is 304 g/mol. The number of aryl methyl sites for hydroxylation is 2. The third-order valence-corrected chi connectivity index (χ3v) is 3.61. The van der Waals surface area contributed by atoms with Gasteiger partial charge in [-0.25, -0.2) is 0 Å². The van der Waals surface area contributed by atoms with Crippen molar-refractivity contribution < 1.29 is 4.79 Å². The first-order valence-corrected chi connectivity index (χ1v) is 10.3. The fraction of sp³-hybridized carbons (Fsp3) is 0.708. The predicted octanol–water partition coefficient (Wildman–Crippen LogP) is 8.28. The Hall–Kier alpha value is -1.11. The summed E-state index contributed by atoms with van der Waals surface area (Å²) in [4.78, 5) is 10.4. The van der Waals surface area contributed by atoms with Crippen molar-refractivity contribution in [2.45, 2.75) is 102 Å². The summed E-state index contributed by atoms with van der Waals surface area (Å²) in [6, 6.07) is 8.61. The van der Waals surface area contributed by atoms with Crippen LogP contribution < -0.4 is 0 Å². The molecule has 1 aromatic rings. The monoisotopic (exact) mass is 352 g/mol. The zero-order valence-electron chi connectivity index (χ0n) is 19.5. The molecule has 1 aromatic carbocycles. The van der Waals surface area contributed by atoms with Crippen LogP contribution in [0.25, 0.3) is 0 Å². The molecule has 0 aromatic heterocycles. The van der Waals surface area contributed by atoms with Crippen molar-refractivity contribution in [3.63, 3.8) is 0 Å². The first kappa shape index (κ1) is 31.6. The molecule has 0 aliphatic heterocycles. The minimum absolute atomic E-state index is 0.264. The average molecular weight is 353 g/mol. The van der Waals surface area contributed by atoms with Crippen molar-refractivity contribution >= 4 is 5.78 Å². The van der Waals surface area contributed by atoms with Crippen LogP contribution in [0.1, 0.15) is 100 Å². The lowest BCUT2D eigenvalue weighted by molar-refractivity contribution is -0.120. The Bertz CT molecular complexity index is 366. The molecule has 1 unspecified atom stereocenters. The van der Waals surface area contributed by atoms with Crippen molar-refractivity contribution in [1.29, 1.82) is 0 Å². The fourth-order valence-corrected chi connectivity index (χ4v) is 1.22. The molecule has 0 heterocycles. The minimum Gasteiger partial charge on any atom is -0.300 e. The molecule has 0 spiro atoms. The van der Waals surface area contributed by atoms with E-state index < -0.39 is 0 Å². The lowest BCUT2D eigenvalue weighted by Gasteiger charge is -1.98. The smallest absolute Gasteiger partial charge is 0.132 e. The summed E-state index contributed by atoms with van der Waals surface area (Å²) in [6.45, 7) is 24.5. The number of ketones is 1. The fourth-order valence-electron chi connectivity index (χ4n) is 1.22. The second-order valence-electron chi connectivity index (χ2n) is 6.06. The van der Waals surface area contributed by atoms with Crippen LogP contribution in [0.5, 0.6) is 0 Å². The SMILES string of the molecule is CC.CC.CCC(C)C.CCC(C)C(C)=O.CCc1cccc(C)c1. The van der Waals surface area contributed by atoms with Crippen molar-refractivity contribution in [2.24, 2.45) is 11.8 Å². The Balaban J connectivity index is -0.000000124. The Morgan fingerprint density at radius 1 is 0.920 bits per heavy atom. The molecule has 0 aliphatic carbocycles. The molecule has 0 bridgehead atoms. The average Bonchev–Trinajstić information content (AvgIpc) is 2.65. The molecule has 0 N–H and O–H groups in total. The molecular formula is C24H48O. The van der Waals surface area contributed by atoms with Crippen LogP contribution >= 0.6 is 0 Å². The van der Waals surface area contributed by atoms with Crippen molar-refractivity contribution in [2.75, 3.05) is 0 Å². The first-order valence-electron chi connectivity index (χ1n) is 10.3. The van der Waals surface area contributed by atoms with Gasteiger partial charge < -0.3 is 0 Å². The maximum absolute atomic E-state index is 10.4. The van der Waals surface area contributed by atoms with Crippen LogP contribution in [0.3, 0.4) is 0 Å². The standard InChI is InChI=1S/C9H12.C6H12O.C5H12.2C2H6/c1-3-9-6-4-5-8(2)7-9;1-4-5(2)6(3)7;1-4-5(2)3;2*1-2/h4-7H,3H2,1-2H3;5H,4H2,1-3H3;5H,4H2,1-3H3;2*1-2H3. The van der Waals surface area contributed by atoms with Gasteiger partial charge in [0.2, 0.25) is 0 Å². The molecule has 0 fully saturated rings. The molecule has 25 heavy (non-hydrogen) atoms. The zero-order valence-corrected chi connectivity index (χ0v) is 19.5. The molecule has 1 heteroatoms. The minimum atomic E-state index is 0.264. The van der Waals surface area contributed by atoms with E-state index in [1.54, 1.807) is 6.92 Å². The van der Waals surface area contributed by atoms with Crippen LogP contribution in [-0.2, 0) is 11.2 Å². The van der Waals surface area contributed by atoms with E-state index in [-0.39, 0.29) is 5.92 Å². The third kappa shape index (κ3) is 28.0. The van der Waals surface area contributed by atoms with Gasteiger partial charge in [0.1, 0.15) is 5.78 Å². The van der Waals surface area contributed by atoms with E-state index in [1.807, 2.05) is 41.5 Å². The van der Waals surface area contributed by atoms with Gasteiger partial charge in [-0.15, -0.1) is 0 Å². The number of hydrogen-bond donors (Lipinski definition) is 0. The Labute approximate surface area is 160 Å². The summed E-state index contributed by atoms with van der Waals surface area (Å²) in [6.07, 6.45) is 3.41. The maximum atomic E-state index is 10.4. The molecule has 0 saturated carbocycles. The highest BCUT2D eigenvalue weighted by Crippen LogP contribution is 2.03. The van der Waals surface area contributed by atoms with Crippen LogP contribution in [0.15, 0.2) is 24.3 Å². The Kier molecular flexibility index (Phi) is 31.8. The van der Waals surface area contributed by atoms with Crippen LogP contribution in [0, 0.1) is 18.8 Å². The van der Waals surface area contributed by atoms with Gasteiger partial charge in [0.25, 0.3) is 0 Å². The van der Waals surface area contributed by atoms with Crippen LogP contribution in [0.4, 0.5) is 0 Å². The largest absolute Gasteiger partial charge is 0.300 e. The van der Waals surface area contributed by atoms with Crippen molar-refractivity contribution in [1.82, 2.24) is 0 Å². The van der Waals surface area contributed by atoms with Crippen LogP contribution in [-0.4, -0.2) is 5.78 Å². The number of carbonyl (C=O) groups excluding carboxylic acids is 1. The summed E-state index contributed by atoms with van der Waals surface area (Å²) in [5, 5.41) is 0. The first-order chi connectivity index (χ1) is 11.8. The van der Waals surface area contributed by atoms with E-state index in [0.29, 0.717) is 5.78 Å². The summed E-state index contributed by atoms with van der Waals surface area (Å²) in [5.74, 6) is 1.44. The Morgan fingerprint density at radius 2 is 1.36 bits per heavy atom. The second-order valence-corrected chi connectivity index (χ2v) is 6.06. The third-order valence-electron chi connectivity index (χ3n) is 3.61. The highest BCUT2D eigenvalue weighted by Gasteiger charge is 2.01. The maximum Gasteiger partial charge on any atom is 0.132 e. The van der Waals surface area contributed by atoms with E-state index in [9.17, 15) is 4.79 Å². The highest BCUT2D eigenvalue weighted by atomic mass is 16.1. The van der Waals surface area contributed by atoms with Gasteiger partial charge in [-0.05, 0) is 38.2 Å². The molecule has 1 atom stereocenters. The molecule has 1 nitrogen and oxygen atoms in total. The molecule has 150 valence electrons. The van der Waals surface area contributed by atoms with Gasteiger partial charge in [0.05, 0.1) is 0 Å². The summed E-state index contributed by atoms with van der Waals surface area (Å²) in [5.41, 5.74) is 2.78. The van der Waals surface area contributed by atoms with E-state index in [0.717, 1.165) is 18.8 Å². The summed E-state index contributed by atoms with van der Waals surface area (Å²) >= 11 is 0. The summed E-state index contributed by atoms with van der Waals surface area (Å²) < 4.78 is 0. The van der Waals surface area contributed by atoms with E-state index in [2.05, 4.69) is 58.9 Å². The van der Waals surface area contributed by atoms with Gasteiger partial charge in [-0.1, -0.05) is 105 Å². The van der Waals surface area contributed by atoms with Gasteiger partial charge in [0, 0.05) is 5.92 Å². The van der Waals surface area contributed by atoms with Gasteiger partial charge in [-0.2, -0.15) is 0 Å². The van der Waals surface area contributed by atoms with E-state index in [1.165, 1.54) is 17.5 Å². The molecule has 1 rings (SSSR count). The summed E-state index contributed by atoms with van der Waals surface area (Å²) in [7, 11) is 0. The molecule has 0 saturated heterocycles.